The van der Waals surface area contributed by atoms with Crippen molar-refractivity contribution in [3.05, 3.63) is 64.3 Å². The quantitative estimate of drug-likeness (QED) is 0.350. The molecule has 1 aliphatic rings. The maximum absolute atomic E-state index is 11.8. The number of guanidine groups is 1. The summed E-state index contributed by atoms with van der Waals surface area (Å²) in [6, 6.07) is 10.8. The molecule has 1 unspecified atom stereocenters. The van der Waals surface area contributed by atoms with Crippen LogP contribution in [0.4, 0.5) is 5.69 Å². The highest BCUT2D eigenvalue weighted by Gasteiger charge is 2.34. The second kappa shape index (κ2) is 10.6. The molecule has 10 nitrogen and oxygen atoms in total. The van der Waals surface area contributed by atoms with Crippen LogP contribution in [0.3, 0.4) is 0 Å². The number of nitrogens with one attached hydrogen (secondary N) is 4. The molecule has 1 heterocycles. The van der Waals surface area contributed by atoms with Crippen LogP contribution in [0.2, 0.25) is 0 Å². The van der Waals surface area contributed by atoms with E-state index in [9.17, 15) is 8.42 Å². The molecule has 3 rings (SSSR count). The maximum Gasteiger partial charge on any atom is 0.277 e. The molecule has 0 spiro atoms. The molecule has 0 aromatic heterocycles. The van der Waals surface area contributed by atoms with Crippen LogP contribution in [0.25, 0.3) is 0 Å². The van der Waals surface area contributed by atoms with E-state index in [1.807, 2.05) is 13.0 Å². The van der Waals surface area contributed by atoms with E-state index in [0.29, 0.717) is 34.6 Å². The van der Waals surface area contributed by atoms with Gasteiger partial charge < -0.3 is 20.1 Å². The van der Waals surface area contributed by atoms with E-state index in [-0.39, 0.29) is 6.54 Å². The third-order valence-electron chi connectivity index (χ3n) is 5.11. The smallest absolute Gasteiger partial charge is 0.277 e. The molecule has 0 saturated carbocycles. The summed E-state index contributed by atoms with van der Waals surface area (Å²) in [7, 11) is -0.386. The Hall–Kier alpha value is -2.83. The van der Waals surface area contributed by atoms with Crippen LogP contribution in [0.5, 0.6) is 11.5 Å². The van der Waals surface area contributed by atoms with Gasteiger partial charge in [-0.25, -0.2) is 9.71 Å². The average molecular weight is 509 g/mol. The van der Waals surface area contributed by atoms with Gasteiger partial charge in [0.1, 0.15) is 0 Å². The molecule has 1 aliphatic heterocycles. The average Bonchev–Trinajstić information content (AvgIpc) is 2.80. The Kier molecular flexibility index (Phi) is 8.05. The summed E-state index contributed by atoms with van der Waals surface area (Å²) in [5.41, 5.74) is 8.26. The maximum atomic E-state index is 11.8. The van der Waals surface area contributed by atoms with E-state index in [0.717, 1.165) is 16.8 Å². The second-order valence-corrected chi connectivity index (χ2v) is 9.53. The lowest BCUT2D eigenvalue weighted by Crippen LogP contribution is -2.44. The van der Waals surface area contributed by atoms with Crippen molar-refractivity contribution >= 4 is 33.5 Å². The molecule has 6 N–H and O–H groups in total. The predicted molar refractivity (Wildman–Crippen MR) is 134 cm³/mol. The molecule has 0 radical (unpaired) electrons. The van der Waals surface area contributed by atoms with E-state index in [1.165, 1.54) is 0 Å². The lowest BCUT2D eigenvalue weighted by atomic mass is 9.98. The van der Waals surface area contributed by atoms with Crippen LogP contribution in [0, 0.1) is 6.92 Å². The molecule has 0 fully saturated rings. The molecule has 2 aromatic rings. The van der Waals surface area contributed by atoms with Crippen LogP contribution in [0.1, 0.15) is 23.6 Å². The zero-order chi connectivity index (χ0) is 24.9. The van der Waals surface area contributed by atoms with Gasteiger partial charge in [-0.15, -0.1) is 0 Å². The van der Waals surface area contributed by atoms with Crippen molar-refractivity contribution < 1.29 is 17.9 Å². The number of halogens is 1. The summed E-state index contributed by atoms with van der Waals surface area (Å²) in [6.07, 6.45) is 1.57. The summed E-state index contributed by atoms with van der Waals surface area (Å²) in [4.78, 5) is 4.61. The van der Waals surface area contributed by atoms with Gasteiger partial charge in [0.25, 0.3) is 10.2 Å². The highest BCUT2D eigenvalue weighted by molar-refractivity contribution is 7.87. The van der Waals surface area contributed by atoms with Gasteiger partial charge in [-0.3, -0.25) is 5.73 Å². The Morgan fingerprint density at radius 3 is 2.47 bits per heavy atom. The largest absolute Gasteiger partial charge is 0.493 e. The van der Waals surface area contributed by atoms with E-state index >= 15 is 0 Å². The lowest BCUT2D eigenvalue weighted by Gasteiger charge is -2.30. The number of hydrogen-bond donors (Lipinski definition) is 5. The Bertz CT molecular complexity index is 1200. The first-order valence-electron chi connectivity index (χ1n) is 10.5. The number of hydrogen-bond acceptors (Lipinski definition) is 8. The van der Waals surface area contributed by atoms with Crippen molar-refractivity contribution in [1.82, 2.24) is 14.8 Å². The molecule has 2 aromatic carbocycles. The SMILES string of the molecule is CCNS(=O)(=O)NCc1ccc(C2(N)N=C(Nc3cc(C)c(OC)c(OC)c3)NC=C2Cl)cc1. The topological polar surface area (TPSA) is 139 Å². The molecular weight excluding hydrogens is 480 g/mol. The first-order chi connectivity index (χ1) is 16.1. The van der Waals surface area contributed by atoms with Gasteiger partial charge >= 0.3 is 0 Å². The highest BCUT2D eigenvalue weighted by atomic mass is 35.5. The number of nitrogens with zero attached hydrogens (tertiary/aromatic N) is 1. The Balaban J connectivity index is 1.81. The number of ether oxygens (including phenoxy) is 2. The standard InChI is InChI=1S/C22H29ClN6O4S/c1-5-26-34(30,31)27-12-15-6-8-16(9-7-15)22(24)19(23)13-25-21(29-22)28-17-10-14(2)20(33-4)18(11-17)32-3/h6-11,13,26-27H,5,12,24H2,1-4H3,(H2,25,28,29). The van der Waals surface area contributed by atoms with Crippen LogP contribution >= 0.6 is 11.6 Å². The van der Waals surface area contributed by atoms with Gasteiger partial charge in [-0.05, 0) is 29.7 Å². The predicted octanol–water partition coefficient (Wildman–Crippen LogP) is 2.22. The number of nitrogens with two attached hydrogens (primary N) is 1. The normalized spacial score (nSPS) is 17.9. The van der Waals surface area contributed by atoms with Gasteiger partial charge in [0.2, 0.25) is 5.96 Å². The van der Waals surface area contributed by atoms with Gasteiger partial charge in [0.15, 0.2) is 17.2 Å². The van der Waals surface area contributed by atoms with Crippen molar-refractivity contribution in [2.24, 2.45) is 10.7 Å². The van der Waals surface area contributed by atoms with E-state index in [1.54, 1.807) is 57.7 Å². The third kappa shape index (κ3) is 5.80. The molecule has 0 amide bonds. The van der Waals surface area contributed by atoms with Crippen LogP contribution < -0.4 is 35.3 Å². The van der Waals surface area contributed by atoms with Gasteiger partial charge in [0, 0.05) is 31.0 Å². The first-order valence-corrected chi connectivity index (χ1v) is 12.3. The van der Waals surface area contributed by atoms with Crippen LogP contribution in [-0.4, -0.2) is 35.1 Å². The van der Waals surface area contributed by atoms with Crippen molar-refractivity contribution in [1.29, 1.82) is 0 Å². The molecule has 184 valence electrons. The van der Waals surface area contributed by atoms with Crippen LogP contribution in [-0.2, 0) is 22.4 Å². The number of methoxy groups -OCH3 is 2. The number of aryl methyl sites for hydroxylation is 1. The minimum Gasteiger partial charge on any atom is -0.493 e. The fraction of sp³-hybridized carbons (Fsp3) is 0.318. The Morgan fingerprint density at radius 1 is 1.15 bits per heavy atom. The fourth-order valence-electron chi connectivity index (χ4n) is 3.43. The minimum atomic E-state index is -3.54. The Morgan fingerprint density at radius 2 is 1.85 bits per heavy atom. The summed E-state index contributed by atoms with van der Waals surface area (Å²) in [6.45, 7) is 4.06. The number of rotatable bonds is 9. The van der Waals surface area contributed by atoms with Gasteiger partial charge in [-0.1, -0.05) is 42.8 Å². The van der Waals surface area contributed by atoms with Gasteiger partial charge in [-0.2, -0.15) is 13.1 Å². The molecule has 0 aliphatic carbocycles. The molecule has 0 bridgehead atoms. The molecule has 34 heavy (non-hydrogen) atoms. The Labute approximate surface area is 204 Å². The van der Waals surface area contributed by atoms with Gasteiger partial charge in [0.05, 0.1) is 19.3 Å². The summed E-state index contributed by atoms with van der Waals surface area (Å²) in [5.74, 6) is 1.62. The summed E-state index contributed by atoms with van der Waals surface area (Å²) >= 11 is 6.44. The molecular formula is C22H29ClN6O4S. The molecule has 12 heteroatoms. The molecule has 0 saturated heterocycles. The zero-order valence-corrected chi connectivity index (χ0v) is 21.0. The lowest BCUT2D eigenvalue weighted by molar-refractivity contribution is 0.353. The van der Waals surface area contributed by atoms with Crippen molar-refractivity contribution in [2.75, 3.05) is 26.1 Å². The van der Waals surface area contributed by atoms with E-state index in [4.69, 9.17) is 26.8 Å². The number of anilines is 1. The zero-order valence-electron chi connectivity index (χ0n) is 19.4. The number of benzene rings is 2. The van der Waals surface area contributed by atoms with Crippen LogP contribution in [0.15, 0.2) is 52.6 Å². The number of aliphatic imine (C=N–C) groups is 1. The van der Waals surface area contributed by atoms with E-state index in [2.05, 4.69) is 25.1 Å². The summed E-state index contributed by atoms with van der Waals surface area (Å²) in [5, 5.41) is 6.48. The third-order valence-corrected chi connectivity index (χ3v) is 6.70. The molecule has 1 atom stereocenters. The van der Waals surface area contributed by atoms with E-state index < -0.39 is 15.9 Å². The first kappa shape index (κ1) is 25.8. The summed E-state index contributed by atoms with van der Waals surface area (Å²) < 4.78 is 39.2. The van der Waals surface area contributed by atoms with Crippen molar-refractivity contribution in [3.8, 4) is 11.5 Å². The minimum absolute atomic E-state index is 0.132. The van der Waals surface area contributed by atoms with Crippen molar-refractivity contribution in [3.63, 3.8) is 0 Å². The fourth-order valence-corrected chi connectivity index (χ4v) is 4.47. The highest BCUT2D eigenvalue weighted by Crippen LogP contribution is 2.35. The second-order valence-electron chi connectivity index (χ2n) is 7.54. The monoisotopic (exact) mass is 508 g/mol. The van der Waals surface area contributed by atoms with Crippen molar-refractivity contribution in [2.45, 2.75) is 26.1 Å².